The van der Waals surface area contributed by atoms with Gasteiger partial charge < -0.3 is 13.7 Å². The number of anilines is 1. The summed E-state index contributed by atoms with van der Waals surface area (Å²) >= 11 is 0.893. The summed E-state index contributed by atoms with van der Waals surface area (Å²) in [6, 6.07) is 9.50. The molecule has 9 heteroatoms. The first-order chi connectivity index (χ1) is 16.1. The second-order valence-corrected chi connectivity index (χ2v) is 9.21. The third-order valence-electron chi connectivity index (χ3n) is 5.94. The fraction of sp³-hybridized carbons (Fsp3) is 0.333. The average Bonchev–Trinajstić information content (AvgIpc) is 3.57. The van der Waals surface area contributed by atoms with Crippen molar-refractivity contribution in [1.29, 1.82) is 0 Å². The number of hydrogen-bond acceptors (Lipinski definition) is 8. The van der Waals surface area contributed by atoms with E-state index in [-0.39, 0.29) is 11.1 Å². The molecule has 0 radical (unpaired) electrons. The fourth-order valence-corrected chi connectivity index (χ4v) is 4.87. The van der Waals surface area contributed by atoms with Crippen LogP contribution in [0.15, 0.2) is 56.5 Å². The van der Waals surface area contributed by atoms with Crippen LogP contribution < -0.4 is 10.2 Å². The Morgan fingerprint density at radius 1 is 1.15 bits per heavy atom. The Labute approximate surface area is 195 Å². The van der Waals surface area contributed by atoms with Crippen LogP contribution >= 0.6 is 11.8 Å². The van der Waals surface area contributed by atoms with Crippen LogP contribution in [0.3, 0.4) is 0 Å². The third kappa shape index (κ3) is 5.19. The van der Waals surface area contributed by atoms with E-state index in [1.165, 1.54) is 0 Å². The number of nitrogens with one attached hydrogen (secondary N) is 1. The minimum atomic E-state index is -0.377. The average molecular weight is 465 g/mol. The zero-order valence-electron chi connectivity index (χ0n) is 18.0. The van der Waals surface area contributed by atoms with Crippen molar-refractivity contribution in [2.45, 2.75) is 32.1 Å². The van der Waals surface area contributed by atoms with Crippen molar-refractivity contribution < 1.29 is 18.4 Å². The number of hydrogen-bond donors (Lipinski definition) is 1. The highest BCUT2D eigenvalue weighted by Gasteiger charge is 2.25. The van der Waals surface area contributed by atoms with Crippen molar-refractivity contribution >= 4 is 34.9 Å². The molecule has 2 aliphatic rings. The van der Waals surface area contributed by atoms with Crippen LogP contribution in [0.25, 0.3) is 17.6 Å². The Bertz CT molecular complexity index is 1160. The summed E-state index contributed by atoms with van der Waals surface area (Å²) in [6.07, 6.45) is 10.3. The molecular weight excluding hydrogens is 440 g/mol. The first kappa shape index (κ1) is 21.5. The maximum Gasteiger partial charge on any atom is 0.290 e. The minimum absolute atomic E-state index is 0.354. The second-order valence-electron chi connectivity index (χ2n) is 8.20. The Hall–Kier alpha value is -3.33. The van der Waals surface area contributed by atoms with Crippen LogP contribution in [-0.4, -0.2) is 34.2 Å². The van der Waals surface area contributed by atoms with Gasteiger partial charge in [-0.25, -0.2) is 9.97 Å². The molecule has 8 nitrogen and oxygen atoms in total. The number of furan rings is 2. The van der Waals surface area contributed by atoms with Crippen molar-refractivity contribution in [2.75, 3.05) is 18.0 Å². The van der Waals surface area contributed by atoms with Gasteiger partial charge in [0.25, 0.3) is 11.1 Å². The number of nitrogens with zero attached hydrogens (tertiary/aromatic N) is 3. The van der Waals surface area contributed by atoms with E-state index in [0.717, 1.165) is 74.2 Å². The van der Waals surface area contributed by atoms with Gasteiger partial charge in [0, 0.05) is 25.7 Å². The maximum absolute atomic E-state index is 11.8. The Balaban J connectivity index is 1.10. The van der Waals surface area contributed by atoms with Crippen LogP contribution in [-0.2, 0) is 11.2 Å². The highest BCUT2D eigenvalue weighted by atomic mass is 32.2. The van der Waals surface area contributed by atoms with Crippen molar-refractivity contribution in [3.05, 3.63) is 59.2 Å². The van der Waals surface area contributed by atoms with E-state index in [0.29, 0.717) is 22.5 Å². The first-order valence-corrected chi connectivity index (χ1v) is 11.9. The molecule has 3 aromatic rings. The topological polar surface area (TPSA) is 101 Å². The van der Waals surface area contributed by atoms with E-state index >= 15 is 0 Å². The first-order valence-electron chi connectivity index (χ1n) is 11.1. The number of aromatic nitrogens is 2. The minimum Gasteiger partial charge on any atom is -0.461 e. The van der Waals surface area contributed by atoms with Gasteiger partial charge in [0.2, 0.25) is 5.95 Å². The molecule has 2 saturated heterocycles. The van der Waals surface area contributed by atoms with Gasteiger partial charge in [-0.15, -0.1) is 0 Å². The van der Waals surface area contributed by atoms with Gasteiger partial charge >= 0.3 is 0 Å². The van der Waals surface area contributed by atoms with E-state index in [1.54, 1.807) is 24.6 Å². The Morgan fingerprint density at radius 3 is 2.79 bits per heavy atom. The van der Waals surface area contributed by atoms with Crippen LogP contribution in [0, 0.1) is 5.92 Å². The molecule has 0 atom stereocenters. The third-order valence-corrected chi connectivity index (χ3v) is 6.75. The smallest absolute Gasteiger partial charge is 0.290 e. The van der Waals surface area contributed by atoms with E-state index in [1.807, 2.05) is 24.3 Å². The van der Waals surface area contributed by atoms with Gasteiger partial charge in [-0.1, -0.05) is 0 Å². The normalized spacial score (nSPS) is 18.3. The van der Waals surface area contributed by atoms with Gasteiger partial charge in [-0.2, -0.15) is 0 Å². The number of aryl methyl sites for hydroxylation is 1. The van der Waals surface area contributed by atoms with Crippen molar-refractivity contribution in [3.63, 3.8) is 0 Å². The Kier molecular flexibility index (Phi) is 6.30. The van der Waals surface area contributed by atoms with Crippen LogP contribution in [0.2, 0.25) is 0 Å². The van der Waals surface area contributed by atoms with Crippen molar-refractivity contribution in [3.8, 4) is 11.5 Å². The largest absolute Gasteiger partial charge is 0.461 e. The van der Waals surface area contributed by atoms with Crippen molar-refractivity contribution in [1.82, 2.24) is 15.3 Å². The summed E-state index contributed by atoms with van der Waals surface area (Å²) in [5, 5.41) is 1.90. The second kappa shape index (κ2) is 9.66. The van der Waals surface area contributed by atoms with E-state index in [2.05, 4.69) is 20.2 Å². The summed E-state index contributed by atoms with van der Waals surface area (Å²) in [5.74, 6) is 3.50. The van der Waals surface area contributed by atoms with Gasteiger partial charge in [-0.3, -0.25) is 14.9 Å². The monoisotopic (exact) mass is 464 g/mol. The predicted octanol–water partition coefficient (Wildman–Crippen LogP) is 4.89. The van der Waals surface area contributed by atoms with Gasteiger partial charge in [0.05, 0.1) is 16.9 Å². The quantitative estimate of drug-likeness (QED) is 0.493. The summed E-state index contributed by atoms with van der Waals surface area (Å²) in [5.41, 5.74) is 0.627. The molecule has 0 bridgehead atoms. The lowest BCUT2D eigenvalue weighted by Gasteiger charge is -2.32. The van der Waals surface area contributed by atoms with Gasteiger partial charge in [0.1, 0.15) is 5.76 Å². The molecule has 0 saturated carbocycles. The molecule has 2 amide bonds. The molecule has 2 fully saturated rings. The van der Waals surface area contributed by atoms with Gasteiger partial charge in [0.15, 0.2) is 11.5 Å². The summed E-state index contributed by atoms with van der Waals surface area (Å²) in [6.45, 7) is 1.81. The van der Waals surface area contributed by atoms with Gasteiger partial charge in [-0.05, 0) is 79.8 Å². The molecule has 3 aromatic heterocycles. The molecule has 0 aliphatic carbocycles. The van der Waals surface area contributed by atoms with E-state index in [4.69, 9.17) is 8.83 Å². The molecule has 33 heavy (non-hydrogen) atoms. The zero-order chi connectivity index (χ0) is 22.6. The summed E-state index contributed by atoms with van der Waals surface area (Å²) in [4.78, 5) is 34.6. The SMILES string of the molecule is O=C1NC(=O)/C(=C/c2ccnc(N3CCC(CCCc4ccc(-c5ccco5)o4)CC3)n2)S1. The highest BCUT2D eigenvalue weighted by molar-refractivity contribution is 8.18. The number of imide groups is 1. The Morgan fingerprint density at radius 2 is 2.03 bits per heavy atom. The van der Waals surface area contributed by atoms with Crippen molar-refractivity contribution in [2.24, 2.45) is 5.92 Å². The fourth-order valence-electron chi connectivity index (χ4n) is 4.20. The molecule has 1 N–H and O–H groups in total. The zero-order valence-corrected chi connectivity index (χ0v) is 18.8. The molecule has 2 aliphatic heterocycles. The molecule has 0 aromatic carbocycles. The summed E-state index contributed by atoms with van der Waals surface area (Å²) < 4.78 is 11.3. The predicted molar refractivity (Wildman–Crippen MR) is 125 cm³/mol. The molecule has 0 unspecified atom stereocenters. The maximum atomic E-state index is 11.8. The number of thioether (sulfide) groups is 1. The van der Waals surface area contributed by atoms with E-state index in [9.17, 15) is 9.59 Å². The van der Waals surface area contributed by atoms with Crippen LogP contribution in [0.4, 0.5) is 10.7 Å². The lowest BCUT2D eigenvalue weighted by molar-refractivity contribution is -0.115. The summed E-state index contributed by atoms with van der Waals surface area (Å²) in [7, 11) is 0. The molecule has 5 heterocycles. The lowest BCUT2D eigenvalue weighted by atomic mass is 9.91. The standard InChI is InChI=1S/C24H24N4O4S/c29-22-21(33-24(30)27-22)15-17-8-11-25-23(26-17)28-12-9-16(10-13-28)3-1-4-18-6-7-20(32-18)19-5-2-14-31-19/h2,5-8,11,14-16H,1,3-4,9-10,12-13H2,(H,27,29,30)/b21-15-. The molecule has 170 valence electrons. The molecule has 5 rings (SSSR count). The van der Waals surface area contributed by atoms with Crippen LogP contribution in [0.1, 0.15) is 37.1 Å². The number of carbonyl (C=O) groups is 2. The molecule has 0 spiro atoms. The van der Waals surface area contributed by atoms with Crippen LogP contribution in [0.5, 0.6) is 0 Å². The number of piperidine rings is 1. The number of amides is 2. The highest BCUT2D eigenvalue weighted by Crippen LogP contribution is 2.28. The number of carbonyl (C=O) groups excluding carboxylic acids is 2. The van der Waals surface area contributed by atoms with E-state index < -0.39 is 0 Å². The molecular formula is C24H24N4O4S. The number of rotatable bonds is 7. The lowest BCUT2D eigenvalue weighted by Crippen LogP contribution is -2.35.